The zero-order valence-corrected chi connectivity index (χ0v) is 10.1. The minimum absolute atomic E-state index is 0.213. The minimum atomic E-state index is -0.961. The lowest BCUT2D eigenvalue weighted by Gasteiger charge is -2.09. The van der Waals surface area contributed by atoms with Gasteiger partial charge >= 0.3 is 5.97 Å². The van der Waals surface area contributed by atoms with Crippen molar-refractivity contribution >= 4 is 22.7 Å². The monoisotopic (exact) mass is 246 g/mol. The molecule has 1 aliphatic carbocycles. The van der Waals surface area contributed by atoms with Gasteiger partial charge in [0.2, 0.25) is 0 Å². The fourth-order valence-electron chi connectivity index (χ4n) is 2.01. The first-order valence-corrected chi connectivity index (χ1v) is 6.05. The third kappa shape index (κ3) is 1.70. The Morgan fingerprint density at radius 3 is 2.94 bits per heavy atom. The molecule has 2 aromatic rings. The fraction of sp³-hybridized carbons (Fsp3) is 0.417. The van der Waals surface area contributed by atoms with E-state index < -0.39 is 5.97 Å². The zero-order chi connectivity index (χ0) is 12.7. The van der Waals surface area contributed by atoms with E-state index >= 15 is 0 Å². The van der Waals surface area contributed by atoms with Gasteiger partial charge in [0, 0.05) is 18.8 Å². The van der Waals surface area contributed by atoms with Crippen LogP contribution in [0.3, 0.4) is 0 Å². The van der Waals surface area contributed by atoms with Crippen molar-refractivity contribution in [1.29, 1.82) is 0 Å². The highest BCUT2D eigenvalue weighted by molar-refractivity contribution is 6.03. The molecule has 0 radical (unpaired) electrons. The second kappa shape index (κ2) is 3.97. The number of aryl methyl sites for hydroxylation is 1. The van der Waals surface area contributed by atoms with E-state index in [0.29, 0.717) is 18.3 Å². The summed E-state index contributed by atoms with van der Waals surface area (Å²) in [7, 11) is 0. The van der Waals surface area contributed by atoms with Gasteiger partial charge in [-0.2, -0.15) is 5.10 Å². The molecule has 0 unspecified atom stereocenters. The third-order valence-corrected chi connectivity index (χ3v) is 3.12. The van der Waals surface area contributed by atoms with Crippen molar-refractivity contribution in [3.8, 4) is 0 Å². The van der Waals surface area contributed by atoms with Gasteiger partial charge in [-0.1, -0.05) is 0 Å². The van der Waals surface area contributed by atoms with Crippen LogP contribution in [0, 0.1) is 0 Å². The molecule has 94 valence electrons. The predicted octanol–water partition coefficient (Wildman–Crippen LogP) is 1.72. The number of carbonyl (C=O) groups is 1. The van der Waals surface area contributed by atoms with Crippen LogP contribution in [0.1, 0.15) is 30.1 Å². The van der Waals surface area contributed by atoms with Gasteiger partial charge in [-0.25, -0.2) is 14.5 Å². The van der Waals surface area contributed by atoms with Crippen LogP contribution in [-0.4, -0.2) is 31.9 Å². The van der Waals surface area contributed by atoms with Gasteiger partial charge in [-0.05, 0) is 19.8 Å². The first-order chi connectivity index (χ1) is 8.70. The van der Waals surface area contributed by atoms with Gasteiger partial charge in [-0.3, -0.25) is 0 Å². The van der Waals surface area contributed by atoms with Crippen molar-refractivity contribution in [2.45, 2.75) is 32.4 Å². The number of nitrogens with zero attached hydrogens (tertiary/aromatic N) is 3. The molecule has 0 bridgehead atoms. The molecule has 0 spiro atoms. The van der Waals surface area contributed by atoms with E-state index in [-0.39, 0.29) is 5.56 Å². The molecule has 6 heteroatoms. The molecule has 1 aliphatic rings. The molecule has 0 amide bonds. The van der Waals surface area contributed by atoms with Crippen molar-refractivity contribution in [2.24, 2.45) is 0 Å². The fourth-order valence-corrected chi connectivity index (χ4v) is 2.01. The van der Waals surface area contributed by atoms with Crippen molar-refractivity contribution in [3.63, 3.8) is 0 Å². The van der Waals surface area contributed by atoms with Crippen molar-refractivity contribution < 1.29 is 9.90 Å². The van der Waals surface area contributed by atoms with Crippen molar-refractivity contribution in [2.75, 3.05) is 5.32 Å². The number of anilines is 1. The molecule has 2 aromatic heterocycles. The van der Waals surface area contributed by atoms with Gasteiger partial charge in [0.25, 0.3) is 0 Å². The first-order valence-electron chi connectivity index (χ1n) is 6.05. The van der Waals surface area contributed by atoms with E-state index in [1.54, 1.807) is 10.9 Å². The molecule has 1 fully saturated rings. The normalized spacial score (nSPS) is 14.9. The molecule has 0 aromatic carbocycles. The minimum Gasteiger partial charge on any atom is -0.478 e. The maximum Gasteiger partial charge on any atom is 0.339 e. The molecular formula is C12H14N4O2. The molecule has 0 aliphatic heterocycles. The molecule has 18 heavy (non-hydrogen) atoms. The van der Waals surface area contributed by atoms with Crippen LogP contribution in [-0.2, 0) is 6.54 Å². The van der Waals surface area contributed by atoms with Crippen LogP contribution in [0.5, 0.6) is 0 Å². The maximum atomic E-state index is 11.2. The summed E-state index contributed by atoms with van der Waals surface area (Å²) < 4.78 is 1.76. The Labute approximate surface area is 104 Å². The number of fused-ring (bicyclic) bond motifs is 1. The molecule has 2 heterocycles. The lowest BCUT2D eigenvalue weighted by Crippen LogP contribution is -2.09. The number of hydrogen-bond acceptors (Lipinski definition) is 4. The predicted molar refractivity (Wildman–Crippen MR) is 66.8 cm³/mol. The van der Waals surface area contributed by atoms with E-state index in [0.717, 1.165) is 23.9 Å². The van der Waals surface area contributed by atoms with Crippen LogP contribution < -0.4 is 5.32 Å². The highest BCUT2D eigenvalue weighted by atomic mass is 16.4. The number of nitrogens with one attached hydrogen (secondary N) is 1. The summed E-state index contributed by atoms with van der Waals surface area (Å²) in [4.78, 5) is 15.4. The number of hydrogen-bond donors (Lipinski definition) is 2. The van der Waals surface area contributed by atoms with Gasteiger partial charge in [-0.15, -0.1) is 0 Å². The van der Waals surface area contributed by atoms with Gasteiger partial charge < -0.3 is 10.4 Å². The van der Waals surface area contributed by atoms with Crippen LogP contribution in [0.4, 0.5) is 5.69 Å². The van der Waals surface area contributed by atoms with E-state index in [4.69, 9.17) is 0 Å². The zero-order valence-electron chi connectivity index (χ0n) is 10.1. The first kappa shape index (κ1) is 11.0. The third-order valence-electron chi connectivity index (χ3n) is 3.12. The Bertz CT molecular complexity index is 616. The maximum absolute atomic E-state index is 11.2. The Kier molecular flexibility index (Phi) is 2.43. The number of aromatic carboxylic acids is 1. The molecular weight excluding hydrogens is 232 g/mol. The SMILES string of the molecule is CCn1ncc2c(NC3CC3)c(C(=O)O)cnc21. The largest absolute Gasteiger partial charge is 0.478 e. The quantitative estimate of drug-likeness (QED) is 0.858. The van der Waals surface area contributed by atoms with Gasteiger partial charge in [0.05, 0.1) is 17.3 Å². The second-order valence-corrected chi connectivity index (χ2v) is 4.47. The number of aromatic nitrogens is 3. The van der Waals surface area contributed by atoms with Crippen LogP contribution in [0.2, 0.25) is 0 Å². The van der Waals surface area contributed by atoms with Gasteiger partial charge in [0.15, 0.2) is 5.65 Å². The Morgan fingerprint density at radius 2 is 2.33 bits per heavy atom. The lowest BCUT2D eigenvalue weighted by atomic mass is 10.2. The van der Waals surface area contributed by atoms with E-state index in [2.05, 4.69) is 15.4 Å². The van der Waals surface area contributed by atoms with Crippen LogP contribution in [0.25, 0.3) is 11.0 Å². The second-order valence-electron chi connectivity index (χ2n) is 4.47. The van der Waals surface area contributed by atoms with Crippen LogP contribution >= 0.6 is 0 Å². The lowest BCUT2D eigenvalue weighted by molar-refractivity contribution is 0.0697. The van der Waals surface area contributed by atoms with Crippen molar-refractivity contribution in [3.05, 3.63) is 18.0 Å². The molecule has 1 saturated carbocycles. The summed E-state index contributed by atoms with van der Waals surface area (Å²) >= 11 is 0. The summed E-state index contributed by atoms with van der Waals surface area (Å²) in [5.41, 5.74) is 1.59. The number of pyridine rings is 1. The van der Waals surface area contributed by atoms with E-state index in [1.807, 2.05) is 6.92 Å². The summed E-state index contributed by atoms with van der Waals surface area (Å²) in [6.07, 6.45) is 5.27. The average Bonchev–Trinajstić information content (AvgIpc) is 3.06. The summed E-state index contributed by atoms with van der Waals surface area (Å²) in [5, 5.41) is 17.5. The topological polar surface area (TPSA) is 80.0 Å². The molecule has 0 atom stereocenters. The summed E-state index contributed by atoms with van der Waals surface area (Å²) in [6, 6.07) is 0.388. The Balaban J connectivity index is 2.19. The molecule has 2 N–H and O–H groups in total. The highest BCUT2D eigenvalue weighted by Crippen LogP contribution is 2.31. The highest BCUT2D eigenvalue weighted by Gasteiger charge is 2.25. The summed E-state index contributed by atoms with van der Waals surface area (Å²) in [5.74, 6) is -0.961. The van der Waals surface area contributed by atoms with E-state index in [9.17, 15) is 9.90 Å². The molecule has 3 rings (SSSR count). The molecule has 6 nitrogen and oxygen atoms in total. The number of rotatable bonds is 4. The van der Waals surface area contributed by atoms with E-state index in [1.165, 1.54) is 6.20 Å². The van der Waals surface area contributed by atoms with Gasteiger partial charge in [0.1, 0.15) is 5.56 Å². The standard InChI is InChI=1S/C12H14N4O2/c1-2-16-11-8(6-14-16)10(15-7-3-4-7)9(5-13-11)12(17)18/h5-7H,2-4H2,1H3,(H,13,15)(H,17,18). The number of carboxylic acids is 1. The Hall–Kier alpha value is -2.11. The average molecular weight is 246 g/mol. The Morgan fingerprint density at radius 1 is 1.56 bits per heavy atom. The van der Waals surface area contributed by atoms with Crippen LogP contribution in [0.15, 0.2) is 12.4 Å². The summed E-state index contributed by atoms with van der Waals surface area (Å²) in [6.45, 7) is 2.69. The number of carboxylic acid groups (broad SMARTS) is 1. The smallest absolute Gasteiger partial charge is 0.339 e. The van der Waals surface area contributed by atoms with Crippen molar-refractivity contribution in [1.82, 2.24) is 14.8 Å². The molecule has 0 saturated heterocycles.